The minimum Gasteiger partial charge on any atom is -0.389 e. The van der Waals surface area contributed by atoms with Crippen LogP contribution in [-0.4, -0.2) is 30.1 Å². The predicted octanol–water partition coefficient (Wildman–Crippen LogP) is 1.33. The van der Waals surface area contributed by atoms with Gasteiger partial charge in [-0.1, -0.05) is 13.0 Å². The van der Waals surface area contributed by atoms with Crippen LogP contribution in [0.1, 0.15) is 37.5 Å². The van der Waals surface area contributed by atoms with Crippen LogP contribution >= 0.6 is 0 Å². The van der Waals surface area contributed by atoms with Crippen LogP contribution in [0.3, 0.4) is 0 Å². The van der Waals surface area contributed by atoms with E-state index in [0.29, 0.717) is 25.1 Å². The highest BCUT2D eigenvalue weighted by molar-refractivity contribution is 5.87. The number of amides is 1. The van der Waals surface area contributed by atoms with Crippen molar-refractivity contribution >= 4 is 11.6 Å². The fourth-order valence-corrected chi connectivity index (χ4v) is 2.62. The van der Waals surface area contributed by atoms with Gasteiger partial charge in [-0.15, -0.1) is 0 Å². The van der Waals surface area contributed by atoms with Gasteiger partial charge in [0.1, 0.15) is 6.04 Å². The zero-order chi connectivity index (χ0) is 14.7. The summed E-state index contributed by atoms with van der Waals surface area (Å²) >= 11 is 0. The van der Waals surface area contributed by atoms with Crippen LogP contribution in [0.25, 0.3) is 0 Å². The van der Waals surface area contributed by atoms with Gasteiger partial charge in [0.05, 0.1) is 17.7 Å². The smallest absolute Gasteiger partial charge is 0.242 e. The summed E-state index contributed by atoms with van der Waals surface area (Å²) in [5, 5.41) is 21.8. The number of rotatable bonds is 3. The average Bonchev–Trinajstić information content (AvgIpc) is 2.46. The molecule has 1 aliphatic rings. The molecular formula is C15H19N3O2. The molecule has 0 bridgehead atoms. The van der Waals surface area contributed by atoms with E-state index in [1.54, 1.807) is 25.1 Å². The van der Waals surface area contributed by atoms with Crippen LogP contribution in [0.5, 0.6) is 0 Å². The lowest BCUT2D eigenvalue weighted by Crippen LogP contribution is -2.55. The highest BCUT2D eigenvalue weighted by Crippen LogP contribution is 2.30. The number of nitriles is 1. The van der Waals surface area contributed by atoms with Gasteiger partial charge in [-0.2, -0.15) is 5.26 Å². The molecule has 1 aromatic carbocycles. The first-order chi connectivity index (χ1) is 9.58. The summed E-state index contributed by atoms with van der Waals surface area (Å²) in [7, 11) is 0. The summed E-state index contributed by atoms with van der Waals surface area (Å²) in [5.41, 5.74) is 2.06. The Morgan fingerprint density at radius 3 is 2.95 bits per heavy atom. The molecular weight excluding hydrogens is 254 g/mol. The third kappa shape index (κ3) is 2.61. The van der Waals surface area contributed by atoms with E-state index < -0.39 is 6.10 Å². The SMILES string of the molecule is CCC1C(=O)NCCN1c1cc(C#N)ccc1[C@@H](C)O. The molecule has 0 aromatic heterocycles. The molecule has 1 unspecified atom stereocenters. The van der Waals surface area contributed by atoms with E-state index in [2.05, 4.69) is 11.4 Å². The molecule has 106 valence electrons. The van der Waals surface area contributed by atoms with Crippen molar-refractivity contribution in [3.8, 4) is 6.07 Å². The Kier molecular flexibility index (Phi) is 4.26. The van der Waals surface area contributed by atoms with Gasteiger partial charge in [0.15, 0.2) is 0 Å². The molecule has 0 saturated carbocycles. The van der Waals surface area contributed by atoms with Crippen LogP contribution in [0.15, 0.2) is 18.2 Å². The lowest BCUT2D eigenvalue weighted by Gasteiger charge is -2.37. The average molecular weight is 273 g/mol. The molecule has 20 heavy (non-hydrogen) atoms. The van der Waals surface area contributed by atoms with Gasteiger partial charge in [0.2, 0.25) is 5.91 Å². The number of benzene rings is 1. The van der Waals surface area contributed by atoms with Gasteiger partial charge in [-0.05, 0) is 25.5 Å². The zero-order valence-electron chi connectivity index (χ0n) is 11.8. The van der Waals surface area contributed by atoms with Gasteiger partial charge in [0, 0.05) is 24.3 Å². The van der Waals surface area contributed by atoms with E-state index in [1.165, 1.54) is 0 Å². The van der Waals surface area contributed by atoms with Crippen LogP contribution in [0.2, 0.25) is 0 Å². The molecule has 2 rings (SSSR count). The molecule has 1 aliphatic heterocycles. The third-order valence-electron chi connectivity index (χ3n) is 3.64. The Morgan fingerprint density at radius 2 is 2.35 bits per heavy atom. The number of piperazine rings is 1. The number of carbonyl (C=O) groups excluding carboxylic acids is 1. The second-order valence-corrected chi connectivity index (χ2v) is 4.97. The highest BCUT2D eigenvalue weighted by Gasteiger charge is 2.30. The van der Waals surface area contributed by atoms with E-state index in [9.17, 15) is 9.90 Å². The van der Waals surface area contributed by atoms with Gasteiger partial charge >= 0.3 is 0 Å². The first-order valence-corrected chi connectivity index (χ1v) is 6.85. The van der Waals surface area contributed by atoms with Crippen LogP contribution < -0.4 is 10.2 Å². The maximum Gasteiger partial charge on any atom is 0.242 e. The normalized spacial score (nSPS) is 20.2. The topological polar surface area (TPSA) is 76.4 Å². The molecule has 1 fully saturated rings. The lowest BCUT2D eigenvalue weighted by atomic mass is 10.0. The number of nitrogens with zero attached hydrogens (tertiary/aromatic N) is 2. The van der Waals surface area contributed by atoms with Crippen LogP contribution in [-0.2, 0) is 4.79 Å². The Balaban J connectivity index is 2.48. The van der Waals surface area contributed by atoms with Crippen molar-refractivity contribution in [3.05, 3.63) is 29.3 Å². The lowest BCUT2D eigenvalue weighted by molar-refractivity contribution is -0.123. The van der Waals surface area contributed by atoms with Gasteiger partial charge in [-0.25, -0.2) is 0 Å². The second kappa shape index (κ2) is 5.93. The minimum atomic E-state index is -0.639. The standard InChI is InChI=1S/C15H19N3O2/c1-3-13-15(20)17-6-7-18(13)14-8-11(9-16)4-5-12(14)10(2)19/h4-5,8,10,13,19H,3,6-7H2,1-2H3,(H,17,20)/t10-,13?/m1/s1. The van der Waals surface area contributed by atoms with Gasteiger partial charge in [-0.3, -0.25) is 4.79 Å². The first-order valence-electron chi connectivity index (χ1n) is 6.85. The molecule has 0 radical (unpaired) electrons. The molecule has 1 saturated heterocycles. The summed E-state index contributed by atoms with van der Waals surface area (Å²) in [6, 6.07) is 7.06. The number of nitrogens with one attached hydrogen (secondary N) is 1. The van der Waals surface area contributed by atoms with E-state index >= 15 is 0 Å². The fourth-order valence-electron chi connectivity index (χ4n) is 2.62. The van der Waals surface area contributed by atoms with Crippen molar-refractivity contribution in [1.82, 2.24) is 5.32 Å². The number of anilines is 1. The number of hydrogen-bond acceptors (Lipinski definition) is 4. The summed E-state index contributed by atoms with van der Waals surface area (Å²) < 4.78 is 0. The molecule has 2 N–H and O–H groups in total. The summed E-state index contributed by atoms with van der Waals surface area (Å²) in [5.74, 6) is -0.00217. The van der Waals surface area contributed by atoms with Crippen molar-refractivity contribution in [3.63, 3.8) is 0 Å². The Morgan fingerprint density at radius 1 is 1.60 bits per heavy atom. The maximum absolute atomic E-state index is 12.0. The molecule has 5 heteroatoms. The van der Waals surface area contributed by atoms with Crippen molar-refractivity contribution in [2.45, 2.75) is 32.4 Å². The van der Waals surface area contributed by atoms with Gasteiger partial charge < -0.3 is 15.3 Å². The minimum absolute atomic E-state index is 0.00217. The molecule has 0 aliphatic carbocycles. The van der Waals surface area contributed by atoms with Crippen LogP contribution in [0.4, 0.5) is 5.69 Å². The zero-order valence-corrected chi connectivity index (χ0v) is 11.8. The first kappa shape index (κ1) is 14.4. The number of aliphatic hydroxyl groups is 1. The summed E-state index contributed by atoms with van der Waals surface area (Å²) in [6.45, 7) is 4.90. The van der Waals surface area contributed by atoms with Crippen molar-refractivity contribution < 1.29 is 9.90 Å². The quantitative estimate of drug-likeness (QED) is 0.871. The Bertz CT molecular complexity index is 549. The van der Waals surface area contributed by atoms with E-state index in [-0.39, 0.29) is 11.9 Å². The highest BCUT2D eigenvalue weighted by atomic mass is 16.3. The van der Waals surface area contributed by atoms with Crippen molar-refractivity contribution in [2.24, 2.45) is 0 Å². The maximum atomic E-state index is 12.0. The molecule has 1 aromatic rings. The molecule has 1 heterocycles. The Hall–Kier alpha value is -2.06. The molecule has 2 atom stereocenters. The van der Waals surface area contributed by atoms with E-state index in [1.807, 2.05) is 11.8 Å². The van der Waals surface area contributed by atoms with E-state index in [0.717, 1.165) is 11.3 Å². The largest absolute Gasteiger partial charge is 0.389 e. The molecule has 0 spiro atoms. The van der Waals surface area contributed by atoms with Crippen molar-refractivity contribution in [2.75, 3.05) is 18.0 Å². The number of hydrogen-bond donors (Lipinski definition) is 2. The monoisotopic (exact) mass is 273 g/mol. The van der Waals surface area contributed by atoms with E-state index in [4.69, 9.17) is 5.26 Å². The third-order valence-corrected chi connectivity index (χ3v) is 3.64. The van der Waals surface area contributed by atoms with Gasteiger partial charge in [0.25, 0.3) is 0 Å². The predicted molar refractivity (Wildman–Crippen MR) is 76.2 cm³/mol. The summed E-state index contributed by atoms with van der Waals surface area (Å²) in [6.07, 6.45) is 0.0437. The Labute approximate surface area is 118 Å². The second-order valence-electron chi connectivity index (χ2n) is 4.97. The number of carbonyl (C=O) groups is 1. The number of aliphatic hydroxyl groups excluding tert-OH is 1. The van der Waals surface area contributed by atoms with Crippen molar-refractivity contribution in [1.29, 1.82) is 5.26 Å². The fraction of sp³-hybridized carbons (Fsp3) is 0.467. The summed E-state index contributed by atoms with van der Waals surface area (Å²) in [4.78, 5) is 14.0. The molecule has 1 amide bonds. The molecule has 5 nitrogen and oxygen atoms in total. The van der Waals surface area contributed by atoms with Crippen LogP contribution in [0, 0.1) is 11.3 Å².